The Labute approximate surface area is 437 Å². The molecule has 14 rings (SSSR count). The summed E-state index contributed by atoms with van der Waals surface area (Å²) in [5, 5.41) is 7.81. The molecule has 352 valence electrons. The van der Waals surface area contributed by atoms with E-state index in [9.17, 15) is 0 Å². The molecule has 3 nitrogen and oxygen atoms in total. The van der Waals surface area contributed by atoms with Gasteiger partial charge >= 0.3 is 0 Å². The molecular weight excluding hydrogens is 907 g/mol. The van der Waals surface area contributed by atoms with Crippen molar-refractivity contribution in [2.24, 2.45) is 0 Å². The van der Waals surface area contributed by atoms with Crippen LogP contribution in [-0.4, -0.2) is 9.61 Å². The van der Waals surface area contributed by atoms with Crippen LogP contribution in [0.1, 0.15) is 22.3 Å². The Hall–Kier alpha value is -9.83. The molecule has 2 heterocycles. The zero-order valence-corrected chi connectivity index (χ0v) is 41.1. The van der Waals surface area contributed by atoms with Crippen LogP contribution in [0.2, 0.25) is 0 Å². The van der Waals surface area contributed by atoms with Crippen molar-refractivity contribution in [2.75, 3.05) is 4.90 Å². The minimum absolute atomic E-state index is 0.599. The standard InChI is InChI=1S/C72H49N3/c1-8-25-50(26-9-1)55-45-56(51-27-10-2-11-28-51)47-60(46-55)74(59-43-44-62-61-39-22-23-41-65(61)72(66(62)48-59,57-35-18-6-19-36-57)58-37-20-7-21-38-58)67-42-24-40-63-64(67)49-68(52-29-12-3-13-30-52)75-71(63)69(53-31-14-4-15-32-53)70(73-75)54-33-16-5-17-34-54/h1-49H. The molecule has 0 atom stereocenters. The second-order valence-electron chi connectivity index (χ2n) is 19.4. The first-order valence-corrected chi connectivity index (χ1v) is 25.8. The Morgan fingerprint density at radius 2 is 0.813 bits per heavy atom. The van der Waals surface area contributed by atoms with Gasteiger partial charge in [0.15, 0.2) is 0 Å². The highest BCUT2D eigenvalue weighted by molar-refractivity contribution is 6.13. The minimum Gasteiger partial charge on any atom is -0.310 e. The van der Waals surface area contributed by atoms with Crippen molar-refractivity contribution in [3.8, 4) is 67.0 Å². The summed E-state index contributed by atoms with van der Waals surface area (Å²) in [4.78, 5) is 2.52. The summed E-state index contributed by atoms with van der Waals surface area (Å²) in [5.74, 6) is 0. The maximum atomic E-state index is 5.60. The second kappa shape index (κ2) is 18.3. The van der Waals surface area contributed by atoms with Gasteiger partial charge in [-0.25, -0.2) is 4.52 Å². The highest BCUT2D eigenvalue weighted by Gasteiger charge is 2.46. The van der Waals surface area contributed by atoms with Crippen molar-refractivity contribution in [2.45, 2.75) is 5.41 Å². The molecule has 1 aliphatic carbocycles. The van der Waals surface area contributed by atoms with Crippen LogP contribution in [0.4, 0.5) is 17.1 Å². The van der Waals surface area contributed by atoms with Gasteiger partial charge in [0.1, 0.15) is 5.69 Å². The maximum absolute atomic E-state index is 5.60. The number of rotatable bonds is 10. The largest absolute Gasteiger partial charge is 0.310 e. The van der Waals surface area contributed by atoms with E-state index in [1.165, 1.54) is 33.4 Å². The molecule has 0 unspecified atom stereocenters. The van der Waals surface area contributed by atoms with Crippen molar-refractivity contribution in [3.63, 3.8) is 0 Å². The van der Waals surface area contributed by atoms with Crippen LogP contribution in [0.3, 0.4) is 0 Å². The van der Waals surface area contributed by atoms with Gasteiger partial charge in [0.25, 0.3) is 0 Å². The fourth-order valence-corrected chi connectivity index (χ4v) is 12.0. The summed E-state index contributed by atoms with van der Waals surface area (Å²) in [6, 6.07) is 108. The first-order valence-electron chi connectivity index (χ1n) is 25.8. The van der Waals surface area contributed by atoms with E-state index in [0.29, 0.717) is 0 Å². The predicted molar refractivity (Wildman–Crippen MR) is 312 cm³/mol. The third-order valence-electron chi connectivity index (χ3n) is 15.2. The van der Waals surface area contributed by atoms with E-state index >= 15 is 0 Å². The van der Waals surface area contributed by atoms with Gasteiger partial charge in [-0.2, -0.15) is 5.10 Å². The van der Waals surface area contributed by atoms with E-state index in [4.69, 9.17) is 5.10 Å². The number of benzene rings is 11. The molecule has 0 radical (unpaired) electrons. The van der Waals surface area contributed by atoms with Gasteiger partial charge in [0, 0.05) is 38.8 Å². The van der Waals surface area contributed by atoms with Gasteiger partial charge in [-0.1, -0.05) is 255 Å². The van der Waals surface area contributed by atoms with Crippen LogP contribution in [0.25, 0.3) is 83.3 Å². The number of fused-ring (bicyclic) bond motifs is 6. The summed E-state index contributed by atoms with van der Waals surface area (Å²) in [6.07, 6.45) is 0. The van der Waals surface area contributed by atoms with Gasteiger partial charge in [-0.05, 0) is 104 Å². The van der Waals surface area contributed by atoms with Gasteiger partial charge < -0.3 is 4.90 Å². The van der Waals surface area contributed by atoms with Crippen LogP contribution >= 0.6 is 0 Å². The van der Waals surface area contributed by atoms with Gasteiger partial charge in [0.2, 0.25) is 0 Å². The van der Waals surface area contributed by atoms with Crippen molar-refractivity contribution in [3.05, 3.63) is 320 Å². The molecule has 0 spiro atoms. The number of hydrogen-bond acceptors (Lipinski definition) is 2. The Kier molecular flexibility index (Phi) is 10.7. The highest BCUT2D eigenvalue weighted by atomic mass is 15.2. The van der Waals surface area contributed by atoms with E-state index in [-0.39, 0.29) is 0 Å². The first-order chi connectivity index (χ1) is 37.2. The molecule has 13 aromatic rings. The lowest BCUT2D eigenvalue weighted by Crippen LogP contribution is -2.28. The van der Waals surface area contributed by atoms with E-state index in [2.05, 4.69) is 307 Å². The zero-order valence-electron chi connectivity index (χ0n) is 41.1. The third-order valence-corrected chi connectivity index (χ3v) is 15.2. The zero-order chi connectivity index (χ0) is 49.7. The molecule has 0 amide bonds. The molecule has 3 heteroatoms. The summed E-state index contributed by atoms with van der Waals surface area (Å²) >= 11 is 0. The molecule has 11 aromatic carbocycles. The minimum atomic E-state index is -0.599. The molecular formula is C72H49N3. The Morgan fingerprint density at radius 3 is 1.40 bits per heavy atom. The van der Waals surface area contributed by atoms with Crippen LogP contribution < -0.4 is 4.90 Å². The summed E-state index contributed by atoms with van der Waals surface area (Å²) in [6.45, 7) is 0. The molecule has 2 aromatic heterocycles. The lowest BCUT2D eigenvalue weighted by Gasteiger charge is -2.35. The average Bonchev–Trinajstić information content (AvgIpc) is 4.05. The molecule has 1 aliphatic rings. The first kappa shape index (κ1) is 43.9. The monoisotopic (exact) mass is 955 g/mol. The topological polar surface area (TPSA) is 20.5 Å². The average molecular weight is 956 g/mol. The van der Waals surface area contributed by atoms with Gasteiger partial charge in [-0.15, -0.1) is 0 Å². The number of anilines is 3. The van der Waals surface area contributed by atoms with Crippen LogP contribution in [0.15, 0.2) is 297 Å². The summed E-state index contributed by atoms with van der Waals surface area (Å²) in [5.41, 5.74) is 21.9. The number of nitrogens with zero attached hydrogens (tertiary/aromatic N) is 3. The molecule has 0 fully saturated rings. The lowest BCUT2D eigenvalue weighted by atomic mass is 9.67. The van der Waals surface area contributed by atoms with E-state index in [1.54, 1.807) is 0 Å². The molecule has 0 aliphatic heterocycles. The number of hydrogen-bond donors (Lipinski definition) is 0. The summed E-state index contributed by atoms with van der Waals surface area (Å²) in [7, 11) is 0. The van der Waals surface area contributed by atoms with Crippen LogP contribution in [0.5, 0.6) is 0 Å². The normalized spacial score (nSPS) is 12.4. The number of pyridine rings is 1. The smallest absolute Gasteiger partial charge is 0.101 e. The van der Waals surface area contributed by atoms with Crippen LogP contribution in [0, 0.1) is 0 Å². The molecule has 75 heavy (non-hydrogen) atoms. The third kappa shape index (κ3) is 7.31. The number of aromatic nitrogens is 2. The predicted octanol–water partition coefficient (Wildman–Crippen LogP) is 18.7. The molecule has 0 saturated carbocycles. The van der Waals surface area contributed by atoms with Crippen molar-refractivity contribution >= 4 is 33.4 Å². The molecule has 0 bridgehead atoms. The summed E-state index contributed by atoms with van der Waals surface area (Å²) < 4.78 is 2.20. The van der Waals surface area contributed by atoms with Crippen molar-refractivity contribution in [1.82, 2.24) is 9.61 Å². The lowest BCUT2D eigenvalue weighted by molar-refractivity contribution is 0.768. The van der Waals surface area contributed by atoms with E-state index in [0.717, 1.165) is 89.2 Å². The SMILES string of the molecule is c1ccc(-c2cc(-c3ccccc3)cc(N(c3ccc4c(c3)C(c3ccccc3)(c3ccccc3)c3ccccc3-4)c3cccc4c3cc(-c3ccccc3)n3nc(-c5ccccc5)c(-c5ccccc5)c43)c2)cc1. The van der Waals surface area contributed by atoms with Crippen molar-refractivity contribution in [1.29, 1.82) is 0 Å². The Morgan fingerprint density at radius 1 is 0.320 bits per heavy atom. The fraction of sp³-hybridized carbons (Fsp3) is 0.0139. The Bertz CT molecular complexity index is 4100. The van der Waals surface area contributed by atoms with E-state index < -0.39 is 5.41 Å². The quantitative estimate of drug-likeness (QED) is 0.136. The highest BCUT2D eigenvalue weighted by Crippen LogP contribution is 2.58. The van der Waals surface area contributed by atoms with Gasteiger partial charge in [0.05, 0.1) is 22.3 Å². The fourth-order valence-electron chi connectivity index (χ4n) is 12.0. The van der Waals surface area contributed by atoms with E-state index in [1.807, 2.05) is 0 Å². The van der Waals surface area contributed by atoms with Gasteiger partial charge in [-0.3, -0.25) is 0 Å². The van der Waals surface area contributed by atoms with Crippen LogP contribution in [-0.2, 0) is 5.41 Å². The second-order valence-corrected chi connectivity index (χ2v) is 19.4. The molecule has 0 saturated heterocycles. The Balaban J connectivity index is 1.12. The maximum Gasteiger partial charge on any atom is 0.101 e. The van der Waals surface area contributed by atoms with Crippen molar-refractivity contribution < 1.29 is 0 Å². The molecule has 0 N–H and O–H groups in total.